The summed E-state index contributed by atoms with van der Waals surface area (Å²) in [5.41, 5.74) is 4.77. The number of carbonyl (C=O) groups is 2. The molecule has 0 spiro atoms. The molecule has 0 heterocycles. The molecule has 11 heavy (non-hydrogen) atoms. The molecule has 2 unspecified atom stereocenters. The second-order valence-electron chi connectivity index (χ2n) is 1.98. The van der Waals surface area contributed by atoms with Gasteiger partial charge in [-0.2, -0.15) is 0 Å². The molecule has 0 rings (SSSR count). The Morgan fingerprint density at radius 3 is 2.18 bits per heavy atom. The Labute approximate surface area is 61.6 Å². The summed E-state index contributed by atoms with van der Waals surface area (Å²) in [6.45, 7) is 0. The Bertz CT molecular complexity index is 172. The molecule has 0 aliphatic heterocycles. The summed E-state index contributed by atoms with van der Waals surface area (Å²) in [7, 11) is 0. The molecule has 0 aromatic heterocycles. The summed E-state index contributed by atoms with van der Waals surface area (Å²) in [5.74, 6) is -2.95. The van der Waals surface area contributed by atoms with Crippen LogP contribution in [-0.2, 0) is 9.59 Å². The van der Waals surface area contributed by atoms with Crippen molar-refractivity contribution in [2.24, 2.45) is 5.73 Å². The molecular weight excluding hydrogens is 157 g/mol. The highest BCUT2D eigenvalue weighted by Crippen LogP contribution is 2.02. The third kappa shape index (κ3) is 3.51. The number of alkyl halides is 1. The second-order valence-corrected chi connectivity index (χ2v) is 1.98. The highest BCUT2D eigenvalue weighted by atomic mass is 19.1. The van der Waals surface area contributed by atoms with E-state index in [0.29, 0.717) is 0 Å². The van der Waals surface area contributed by atoms with Gasteiger partial charge in [-0.15, -0.1) is 0 Å². The topological polar surface area (TPSA) is 101 Å². The van der Waals surface area contributed by atoms with E-state index in [1.54, 1.807) is 0 Å². The van der Waals surface area contributed by atoms with Crippen molar-refractivity contribution < 1.29 is 24.2 Å². The smallest absolute Gasteiger partial charge is 0.323 e. The summed E-state index contributed by atoms with van der Waals surface area (Å²) < 4.78 is 12.4. The molecule has 0 aliphatic carbocycles. The Hall–Kier alpha value is -1.17. The van der Waals surface area contributed by atoms with Gasteiger partial charge in [0, 0.05) is 0 Å². The van der Waals surface area contributed by atoms with Gasteiger partial charge in [0.25, 0.3) is 0 Å². The van der Waals surface area contributed by atoms with Gasteiger partial charge in [-0.05, 0) is 0 Å². The molecule has 0 aliphatic rings. The summed E-state index contributed by atoms with van der Waals surface area (Å²) >= 11 is 0. The van der Waals surface area contributed by atoms with Crippen LogP contribution in [0.3, 0.4) is 0 Å². The van der Waals surface area contributed by atoms with Crippen molar-refractivity contribution in [2.45, 2.75) is 18.6 Å². The van der Waals surface area contributed by atoms with E-state index in [-0.39, 0.29) is 0 Å². The number of carboxylic acid groups (broad SMARTS) is 2. The van der Waals surface area contributed by atoms with Crippen molar-refractivity contribution in [1.29, 1.82) is 0 Å². The Morgan fingerprint density at radius 2 is 1.91 bits per heavy atom. The predicted molar refractivity (Wildman–Crippen MR) is 32.8 cm³/mol. The van der Waals surface area contributed by atoms with Crippen molar-refractivity contribution in [3.8, 4) is 0 Å². The van der Waals surface area contributed by atoms with Crippen LogP contribution in [0.5, 0.6) is 0 Å². The number of halogens is 1. The van der Waals surface area contributed by atoms with Gasteiger partial charge in [0.1, 0.15) is 12.2 Å². The third-order valence-electron chi connectivity index (χ3n) is 1.04. The molecule has 2 atom stereocenters. The van der Waals surface area contributed by atoms with Crippen LogP contribution < -0.4 is 5.73 Å². The van der Waals surface area contributed by atoms with Gasteiger partial charge in [-0.3, -0.25) is 9.59 Å². The molecule has 0 aromatic rings. The van der Waals surface area contributed by atoms with E-state index in [0.717, 1.165) is 0 Å². The lowest BCUT2D eigenvalue weighted by Crippen LogP contribution is -2.40. The van der Waals surface area contributed by atoms with Crippen molar-refractivity contribution >= 4 is 11.9 Å². The van der Waals surface area contributed by atoms with Crippen LogP contribution in [0.15, 0.2) is 0 Å². The molecule has 5 nitrogen and oxygen atoms in total. The number of rotatable bonds is 4. The van der Waals surface area contributed by atoms with E-state index in [2.05, 4.69) is 0 Å². The highest BCUT2D eigenvalue weighted by molar-refractivity contribution is 5.76. The van der Waals surface area contributed by atoms with E-state index in [4.69, 9.17) is 15.9 Å². The maximum absolute atomic E-state index is 12.4. The lowest BCUT2D eigenvalue weighted by molar-refractivity contribution is -0.142. The van der Waals surface area contributed by atoms with Gasteiger partial charge in [0.05, 0.1) is 6.42 Å². The molecule has 0 saturated carbocycles. The maximum Gasteiger partial charge on any atom is 0.323 e. The molecule has 0 bridgehead atoms. The first-order chi connectivity index (χ1) is 4.95. The first-order valence-electron chi connectivity index (χ1n) is 2.79. The molecule has 0 amide bonds. The molecule has 0 aromatic carbocycles. The lowest BCUT2D eigenvalue weighted by atomic mass is 10.1. The van der Waals surface area contributed by atoms with Crippen molar-refractivity contribution in [3.63, 3.8) is 0 Å². The van der Waals surface area contributed by atoms with Gasteiger partial charge in [0.15, 0.2) is 0 Å². The quantitative estimate of drug-likeness (QED) is 0.506. The minimum absolute atomic E-state index is 0.881. The van der Waals surface area contributed by atoms with Crippen LogP contribution in [0.25, 0.3) is 0 Å². The van der Waals surface area contributed by atoms with Gasteiger partial charge in [-0.25, -0.2) is 4.39 Å². The molecule has 0 fully saturated rings. The minimum Gasteiger partial charge on any atom is -0.481 e. The number of hydrogen-bond acceptors (Lipinski definition) is 3. The highest BCUT2D eigenvalue weighted by Gasteiger charge is 2.25. The summed E-state index contributed by atoms with van der Waals surface area (Å²) in [6, 6.07) is -1.76. The molecule has 6 heteroatoms. The van der Waals surface area contributed by atoms with Gasteiger partial charge >= 0.3 is 11.9 Å². The Balaban J connectivity index is 3.92. The second kappa shape index (κ2) is 3.87. The molecule has 0 radical (unpaired) electrons. The van der Waals surface area contributed by atoms with Crippen molar-refractivity contribution in [3.05, 3.63) is 0 Å². The third-order valence-corrected chi connectivity index (χ3v) is 1.04. The monoisotopic (exact) mass is 165 g/mol. The Kier molecular flexibility index (Phi) is 3.46. The summed E-state index contributed by atoms with van der Waals surface area (Å²) in [5, 5.41) is 16.1. The molecular formula is C5H8FNO4. The number of aliphatic carboxylic acids is 2. The first-order valence-corrected chi connectivity index (χ1v) is 2.79. The van der Waals surface area contributed by atoms with Gasteiger partial charge < -0.3 is 15.9 Å². The fourth-order valence-corrected chi connectivity index (χ4v) is 0.448. The van der Waals surface area contributed by atoms with Crippen LogP contribution in [0.1, 0.15) is 6.42 Å². The van der Waals surface area contributed by atoms with Crippen molar-refractivity contribution in [2.75, 3.05) is 0 Å². The first kappa shape index (κ1) is 9.83. The minimum atomic E-state index is -2.04. The zero-order chi connectivity index (χ0) is 9.02. The van der Waals surface area contributed by atoms with E-state index in [1.807, 2.05) is 0 Å². The number of carboxylic acids is 2. The molecule has 4 N–H and O–H groups in total. The fraction of sp³-hybridized carbons (Fsp3) is 0.600. The van der Waals surface area contributed by atoms with Crippen molar-refractivity contribution in [1.82, 2.24) is 0 Å². The molecule has 64 valence electrons. The van der Waals surface area contributed by atoms with E-state index < -0.39 is 30.6 Å². The number of hydrogen-bond donors (Lipinski definition) is 3. The maximum atomic E-state index is 12.4. The van der Waals surface area contributed by atoms with Crippen LogP contribution in [-0.4, -0.2) is 34.4 Å². The van der Waals surface area contributed by atoms with E-state index in [9.17, 15) is 14.0 Å². The molecule has 0 saturated heterocycles. The average Bonchev–Trinajstić information content (AvgIpc) is 1.84. The van der Waals surface area contributed by atoms with Gasteiger partial charge in [-0.1, -0.05) is 0 Å². The standard InChI is InChI=1S/C5H8FNO4/c6-2(1-3(8)9)4(7)5(10)11/h2,4H,1,7H2,(H,8,9)(H,10,11). The Morgan fingerprint density at radius 1 is 1.45 bits per heavy atom. The number of nitrogens with two attached hydrogens (primary N) is 1. The van der Waals surface area contributed by atoms with Gasteiger partial charge in [0.2, 0.25) is 0 Å². The SMILES string of the molecule is NC(C(=O)O)C(F)CC(=O)O. The zero-order valence-electron chi connectivity index (χ0n) is 5.53. The van der Waals surface area contributed by atoms with Crippen LogP contribution in [0.2, 0.25) is 0 Å². The average molecular weight is 165 g/mol. The summed E-state index contributed by atoms with van der Waals surface area (Å²) in [6.07, 6.45) is -2.92. The van der Waals surface area contributed by atoms with Crippen LogP contribution in [0.4, 0.5) is 4.39 Å². The fourth-order valence-electron chi connectivity index (χ4n) is 0.448. The van der Waals surface area contributed by atoms with Crippen LogP contribution >= 0.6 is 0 Å². The van der Waals surface area contributed by atoms with E-state index in [1.165, 1.54) is 0 Å². The predicted octanol–water partition coefficient (Wildman–Crippen LogP) is -0.789. The largest absolute Gasteiger partial charge is 0.481 e. The van der Waals surface area contributed by atoms with Crippen LogP contribution in [0, 0.1) is 0 Å². The zero-order valence-corrected chi connectivity index (χ0v) is 5.53. The lowest BCUT2D eigenvalue weighted by Gasteiger charge is -2.08. The normalized spacial score (nSPS) is 15.5. The summed E-state index contributed by atoms with van der Waals surface area (Å²) in [4.78, 5) is 19.8. The van der Waals surface area contributed by atoms with E-state index >= 15 is 0 Å².